The number of hydrogen-bond donors (Lipinski definition) is 0. The van der Waals surface area contributed by atoms with Gasteiger partial charge in [-0.05, 0) is 81.9 Å². The number of para-hydroxylation sites is 3. The highest BCUT2D eigenvalue weighted by Crippen LogP contribution is 2.40. The lowest BCUT2D eigenvalue weighted by Gasteiger charge is -2.11. The molecule has 0 saturated carbocycles. The third-order valence-electron chi connectivity index (χ3n) is 12.2. The van der Waals surface area contributed by atoms with Crippen LogP contribution < -0.4 is 0 Å². The molecule has 4 aromatic heterocycles. The van der Waals surface area contributed by atoms with E-state index < -0.39 is 0 Å². The van der Waals surface area contributed by atoms with Crippen LogP contribution in [0.2, 0.25) is 0 Å². The third kappa shape index (κ3) is 5.84. The Morgan fingerprint density at radius 2 is 0.619 bits per heavy atom. The minimum absolute atomic E-state index is 0.566. The van der Waals surface area contributed by atoms with Crippen LogP contribution in [0.3, 0.4) is 0 Å². The minimum Gasteiger partial charge on any atom is -0.456 e. The number of aromatic nitrogens is 3. The van der Waals surface area contributed by atoms with Crippen molar-refractivity contribution in [2.45, 2.75) is 0 Å². The van der Waals surface area contributed by atoms with Gasteiger partial charge in [0.2, 0.25) is 0 Å². The van der Waals surface area contributed by atoms with Crippen molar-refractivity contribution in [2.75, 3.05) is 0 Å². The molecule has 0 radical (unpaired) electrons. The van der Waals surface area contributed by atoms with E-state index in [0.717, 1.165) is 116 Å². The Labute approximate surface area is 360 Å². The highest BCUT2D eigenvalue weighted by molar-refractivity contribution is 6.13. The van der Waals surface area contributed by atoms with E-state index in [4.69, 9.17) is 28.2 Å². The van der Waals surface area contributed by atoms with Crippen molar-refractivity contribution in [1.29, 1.82) is 0 Å². The van der Waals surface area contributed by atoms with Crippen LogP contribution in [0.25, 0.3) is 133 Å². The molecule has 9 aromatic carbocycles. The van der Waals surface area contributed by atoms with Crippen LogP contribution in [-0.2, 0) is 0 Å². The second-order valence-corrected chi connectivity index (χ2v) is 15.9. The molecule has 0 aliphatic rings. The summed E-state index contributed by atoms with van der Waals surface area (Å²) in [6.07, 6.45) is 0. The van der Waals surface area contributed by atoms with E-state index in [-0.39, 0.29) is 0 Å². The molecule has 0 fully saturated rings. The van der Waals surface area contributed by atoms with Crippen molar-refractivity contribution < 1.29 is 13.3 Å². The second-order valence-electron chi connectivity index (χ2n) is 15.9. The molecular weight excluding hydrogens is 775 g/mol. The van der Waals surface area contributed by atoms with E-state index in [1.807, 2.05) is 72.8 Å². The maximum absolute atomic E-state index is 6.29. The SMILES string of the molecule is c1cc(-c2ccc(-c3ccc(-c4nc(-c5cccc6oc7ccccc7c56)nc(-c5cccc6oc7ccccc7c56)n4)cc3)cc2)cc(-c2ccc3c(c2)oc2ccccc23)c1. The van der Waals surface area contributed by atoms with Gasteiger partial charge in [-0.15, -0.1) is 0 Å². The number of nitrogens with zero attached hydrogens (tertiary/aromatic N) is 3. The van der Waals surface area contributed by atoms with Crippen LogP contribution in [0, 0.1) is 0 Å². The molecule has 6 nitrogen and oxygen atoms in total. The van der Waals surface area contributed by atoms with Gasteiger partial charge >= 0.3 is 0 Å². The molecule has 0 spiro atoms. The highest BCUT2D eigenvalue weighted by atomic mass is 16.3. The van der Waals surface area contributed by atoms with Crippen molar-refractivity contribution in [3.8, 4) is 67.5 Å². The molecular formula is C57H33N3O3. The first-order valence-electron chi connectivity index (χ1n) is 21.0. The van der Waals surface area contributed by atoms with Gasteiger partial charge in [0.1, 0.15) is 33.5 Å². The van der Waals surface area contributed by atoms with Crippen molar-refractivity contribution in [3.05, 3.63) is 200 Å². The maximum Gasteiger partial charge on any atom is 0.164 e. The summed E-state index contributed by atoms with van der Waals surface area (Å²) in [6.45, 7) is 0. The first kappa shape index (κ1) is 35.2. The predicted octanol–water partition coefficient (Wildman–Crippen LogP) is 15.6. The average molecular weight is 808 g/mol. The lowest BCUT2D eigenvalue weighted by molar-refractivity contribution is 0.668. The number of rotatable bonds is 6. The van der Waals surface area contributed by atoms with E-state index in [0.29, 0.717) is 17.5 Å². The zero-order valence-corrected chi connectivity index (χ0v) is 33.6. The van der Waals surface area contributed by atoms with Crippen molar-refractivity contribution in [2.24, 2.45) is 0 Å². The largest absolute Gasteiger partial charge is 0.456 e. The molecule has 0 unspecified atom stereocenters. The summed E-state index contributed by atoms with van der Waals surface area (Å²) < 4.78 is 18.8. The molecule has 4 heterocycles. The number of hydrogen-bond acceptors (Lipinski definition) is 6. The topological polar surface area (TPSA) is 78.1 Å². The van der Waals surface area contributed by atoms with Gasteiger partial charge in [0, 0.05) is 49.0 Å². The smallest absolute Gasteiger partial charge is 0.164 e. The highest BCUT2D eigenvalue weighted by Gasteiger charge is 2.20. The third-order valence-corrected chi connectivity index (χ3v) is 12.2. The van der Waals surface area contributed by atoms with Gasteiger partial charge in [-0.1, -0.05) is 152 Å². The molecule has 13 rings (SSSR count). The maximum atomic E-state index is 6.29. The fraction of sp³-hybridized carbons (Fsp3) is 0. The zero-order valence-electron chi connectivity index (χ0n) is 33.6. The number of fused-ring (bicyclic) bond motifs is 9. The van der Waals surface area contributed by atoms with E-state index in [9.17, 15) is 0 Å². The van der Waals surface area contributed by atoms with E-state index in [1.54, 1.807) is 0 Å². The minimum atomic E-state index is 0.566. The lowest BCUT2D eigenvalue weighted by atomic mass is 9.96. The van der Waals surface area contributed by atoms with Crippen molar-refractivity contribution in [3.63, 3.8) is 0 Å². The van der Waals surface area contributed by atoms with E-state index >= 15 is 0 Å². The Hall–Kier alpha value is -8.61. The second kappa shape index (κ2) is 14.0. The van der Waals surface area contributed by atoms with Gasteiger partial charge in [0.05, 0.1) is 0 Å². The predicted molar refractivity (Wildman–Crippen MR) is 254 cm³/mol. The standard InChI is InChI=1S/C57H33N3O3/c1-4-17-47-41(12-1)42-31-30-40(33-52(42)63-47)39-11-7-10-38(32-39)36-24-22-34(23-25-36)35-26-28-37(29-27-35)55-58-56(45-15-8-20-50-53(45)43-13-2-5-18-48(43)61-50)60-57(59-55)46-16-9-21-51-54(46)44-14-3-6-19-49(44)62-51/h1-33H. The molecule has 294 valence electrons. The van der Waals surface area contributed by atoms with Crippen LogP contribution >= 0.6 is 0 Å². The van der Waals surface area contributed by atoms with Gasteiger partial charge in [0.25, 0.3) is 0 Å². The van der Waals surface area contributed by atoms with Gasteiger partial charge in [-0.3, -0.25) is 0 Å². The summed E-state index contributed by atoms with van der Waals surface area (Å²) >= 11 is 0. The van der Waals surface area contributed by atoms with Gasteiger partial charge in [0.15, 0.2) is 17.5 Å². The van der Waals surface area contributed by atoms with E-state index in [2.05, 4.69) is 127 Å². The monoisotopic (exact) mass is 807 g/mol. The van der Waals surface area contributed by atoms with Gasteiger partial charge < -0.3 is 13.3 Å². The first-order chi connectivity index (χ1) is 31.2. The van der Waals surface area contributed by atoms with Crippen LogP contribution in [0.5, 0.6) is 0 Å². The Morgan fingerprint density at radius 1 is 0.238 bits per heavy atom. The fourth-order valence-corrected chi connectivity index (χ4v) is 9.12. The van der Waals surface area contributed by atoms with Crippen LogP contribution in [0.4, 0.5) is 0 Å². The molecule has 0 amide bonds. The summed E-state index contributed by atoms with van der Waals surface area (Å²) in [6, 6.07) is 68.8. The molecule has 0 saturated heterocycles. The first-order valence-corrected chi connectivity index (χ1v) is 21.0. The average Bonchev–Trinajstić information content (AvgIpc) is 4.05. The molecule has 0 aliphatic heterocycles. The molecule has 63 heavy (non-hydrogen) atoms. The molecule has 0 atom stereocenters. The summed E-state index contributed by atoms with van der Waals surface area (Å²) in [5.74, 6) is 1.71. The summed E-state index contributed by atoms with van der Waals surface area (Å²) in [5, 5.41) is 6.23. The summed E-state index contributed by atoms with van der Waals surface area (Å²) in [7, 11) is 0. The van der Waals surface area contributed by atoms with Crippen molar-refractivity contribution in [1.82, 2.24) is 15.0 Å². The Bertz CT molecular complexity index is 3780. The van der Waals surface area contributed by atoms with Gasteiger partial charge in [-0.25, -0.2) is 15.0 Å². The molecule has 0 aliphatic carbocycles. The Morgan fingerprint density at radius 3 is 1.21 bits per heavy atom. The Kier molecular flexibility index (Phi) is 7.80. The molecule has 0 bridgehead atoms. The van der Waals surface area contributed by atoms with Crippen LogP contribution in [0.1, 0.15) is 0 Å². The number of furan rings is 3. The fourth-order valence-electron chi connectivity index (χ4n) is 9.12. The van der Waals surface area contributed by atoms with Gasteiger partial charge in [-0.2, -0.15) is 0 Å². The molecule has 13 aromatic rings. The van der Waals surface area contributed by atoms with Crippen LogP contribution in [0.15, 0.2) is 213 Å². The number of benzene rings is 9. The summed E-state index contributed by atoms with van der Waals surface area (Å²) in [5.41, 5.74) is 14.4. The van der Waals surface area contributed by atoms with Crippen molar-refractivity contribution >= 4 is 65.8 Å². The quantitative estimate of drug-likeness (QED) is 0.166. The zero-order chi connectivity index (χ0) is 41.4. The Balaban J connectivity index is 0.863. The van der Waals surface area contributed by atoms with E-state index in [1.165, 1.54) is 0 Å². The lowest BCUT2D eigenvalue weighted by Crippen LogP contribution is -2.00. The molecule has 0 N–H and O–H groups in total. The van der Waals surface area contributed by atoms with Crippen LogP contribution in [-0.4, -0.2) is 15.0 Å². The molecule has 6 heteroatoms. The normalized spacial score (nSPS) is 11.8. The summed E-state index contributed by atoms with van der Waals surface area (Å²) in [4.78, 5) is 15.6.